The summed E-state index contributed by atoms with van der Waals surface area (Å²) in [7, 11) is 0. The highest BCUT2D eigenvalue weighted by molar-refractivity contribution is 6.05. The van der Waals surface area contributed by atoms with Crippen molar-refractivity contribution in [3.05, 3.63) is 66.4 Å². The largest absolute Gasteiger partial charge is 0.491 e. The van der Waals surface area contributed by atoms with Gasteiger partial charge in [0.2, 0.25) is 0 Å². The van der Waals surface area contributed by atoms with Gasteiger partial charge in [0.1, 0.15) is 0 Å². The first-order valence-electron chi connectivity index (χ1n) is 11.1. The minimum Gasteiger partial charge on any atom is -0.463 e. The highest BCUT2D eigenvalue weighted by atomic mass is 19.4. The number of rotatable bonds is 4. The number of piperidine rings is 1. The molecular weight excluding hydrogens is 501 g/mol. The molecule has 1 atom stereocenters. The summed E-state index contributed by atoms with van der Waals surface area (Å²) >= 11 is 0. The van der Waals surface area contributed by atoms with E-state index < -0.39 is 54.7 Å². The van der Waals surface area contributed by atoms with Gasteiger partial charge in [-0.3, -0.25) is 4.79 Å². The molecule has 1 amide bonds. The summed E-state index contributed by atoms with van der Waals surface area (Å²) in [6.07, 6.45) is -6.41. The van der Waals surface area contributed by atoms with Crippen LogP contribution in [-0.2, 0) is 4.79 Å². The zero-order valence-electron chi connectivity index (χ0n) is 18.9. The molecule has 1 N–H and O–H groups in total. The minimum absolute atomic E-state index is 0.217. The van der Waals surface area contributed by atoms with E-state index in [0.29, 0.717) is 10.9 Å². The predicted molar refractivity (Wildman–Crippen MR) is 122 cm³/mol. The fourth-order valence-corrected chi connectivity index (χ4v) is 4.14. The lowest BCUT2D eigenvalue weighted by molar-refractivity contribution is -0.190. The van der Waals surface area contributed by atoms with Crippen molar-refractivity contribution in [2.45, 2.75) is 24.6 Å². The summed E-state index contributed by atoms with van der Waals surface area (Å²) in [5.41, 5.74) is 1.03. The Kier molecular flexibility index (Phi) is 5.97. The Morgan fingerprint density at radius 2 is 1.81 bits per heavy atom. The summed E-state index contributed by atoms with van der Waals surface area (Å²) in [6, 6.07) is 14.0. The Balaban J connectivity index is 1.46. The Hall–Kier alpha value is -4.22. The molecule has 0 radical (unpaired) electrons. The smallest absolute Gasteiger partial charge is 0.463 e. The molecule has 5 rings (SSSR count). The number of likely N-dealkylation sites (tertiary alicyclic amines) is 1. The number of nitrogens with zero attached hydrogens (tertiary/aromatic N) is 2. The molecule has 1 saturated heterocycles. The molecule has 3 heterocycles. The molecule has 1 aliphatic rings. The number of carbonyl (C=O) groups excluding carboxylic acids is 2. The van der Waals surface area contributed by atoms with Crippen molar-refractivity contribution < 1.29 is 41.0 Å². The summed E-state index contributed by atoms with van der Waals surface area (Å²) in [6.45, 7) is -0.853. The molecule has 37 heavy (non-hydrogen) atoms. The van der Waals surface area contributed by atoms with E-state index in [1.54, 1.807) is 42.6 Å². The second-order valence-corrected chi connectivity index (χ2v) is 8.49. The van der Waals surface area contributed by atoms with Crippen molar-refractivity contribution in [3.8, 4) is 11.6 Å². The van der Waals surface area contributed by atoms with Crippen LogP contribution < -0.4 is 9.47 Å². The normalized spacial score (nSPS) is 17.6. The molecule has 1 fully saturated rings. The van der Waals surface area contributed by atoms with Gasteiger partial charge < -0.3 is 19.4 Å². The number of aromatic amines is 1. The highest BCUT2D eigenvalue weighted by Gasteiger charge is 2.48. The van der Waals surface area contributed by atoms with E-state index in [0.717, 1.165) is 11.5 Å². The van der Waals surface area contributed by atoms with E-state index in [-0.39, 0.29) is 17.6 Å². The standard InChI is InChI=1S/C25H18F5N3O4/c26-24(27)9-11-33(22(34)16-6-3-5-14-8-10-31-20(14)16)13-19(24)37-21-18(36-23(35)25(28,29)30)12-15-4-1-2-7-17(15)32-21/h1-8,10,12,19,31H,9,11,13H2. The summed E-state index contributed by atoms with van der Waals surface area (Å²) in [5, 5.41) is 1.06. The molecule has 2 aromatic carbocycles. The number of alkyl halides is 5. The van der Waals surface area contributed by atoms with E-state index in [9.17, 15) is 31.5 Å². The van der Waals surface area contributed by atoms with Gasteiger partial charge in [0, 0.05) is 29.9 Å². The topological polar surface area (TPSA) is 84.5 Å². The van der Waals surface area contributed by atoms with Crippen LogP contribution in [0.25, 0.3) is 21.8 Å². The van der Waals surface area contributed by atoms with Gasteiger partial charge in [0.25, 0.3) is 17.7 Å². The zero-order chi connectivity index (χ0) is 26.4. The number of amides is 1. The number of pyridine rings is 1. The molecule has 192 valence electrons. The number of nitrogens with one attached hydrogen (secondary N) is 1. The number of benzene rings is 2. The predicted octanol–water partition coefficient (Wildman–Crippen LogP) is 5.11. The van der Waals surface area contributed by atoms with E-state index in [2.05, 4.69) is 14.7 Å². The quantitative estimate of drug-likeness (QED) is 0.299. The van der Waals surface area contributed by atoms with Gasteiger partial charge in [-0.05, 0) is 24.3 Å². The Morgan fingerprint density at radius 3 is 2.59 bits per heavy atom. The zero-order valence-corrected chi connectivity index (χ0v) is 18.9. The summed E-state index contributed by atoms with van der Waals surface area (Å²) < 4.78 is 78.2. The summed E-state index contributed by atoms with van der Waals surface area (Å²) in [5.74, 6) is -8.01. The van der Waals surface area contributed by atoms with E-state index in [1.807, 2.05) is 0 Å². The number of fused-ring (bicyclic) bond motifs is 2. The fourth-order valence-electron chi connectivity index (χ4n) is 4.14. The van der Waals surface area contributed by atoms with Gasteiger partial charge in [-0.15, -0.1) is 0 Å². The number of aromatic nitrogens is 2. The van der Waals surface area contributed by atoms with Crippen LogP contribution in [0.4, 0.5) is 22.0 Å². The molecule has 0 saturated carbocycles. The first kappa shape index (κ1) is 24.5. The van der Waals surface area contributed by atoms with Crippen LogP contribution in [0.1, 0.15) is 16.8 Å². The molecule has 12 heteroatoms. The number of H-pyrrole nitrogens is 1. The third-order valence-electron chi connectivity index (χ3n) is 6.02. The van der Waals surface area contributed by atoms with Crippen molar-refractivity contribution >= 4 is 33.7 Å². The van der Waals surface area contributed by atoms with Gasteiger partial charge >= 0.3 is 12.1 Å². The molecular formula is C25H18F5N3O4. The number of hydrogen-bond donors (Lipinski definition) is 1. The number of hydrogen-bond acceptors (Lipinski definition) is 5. The summed E-state index contributed by atoms with van der Waals surface area (Å²) in [4.78, 5) is 32.9. The third kappa shape index (κ3) is 4.78. The first-order chi connectivity index (χ1) is 17.5. The van der Waals surface area contributed by atoms with Crippen LogP contribution in [0.2, 0.25) is 0 Å². The molecule has 1 unspecified atom stereocenters. The van der Waals surface area contributed by atoms with E-state index in [4.69, 9.17) is 4.74 Å². The third-order valence-corrected chi connectivity index (χ3v) is 6.02. The number of ether oxygens (including phenoxy) is 2. The van der Waals surface area contributed by atoms with Crippen LogP contribution in [0, 0.1) is 0 Å². The number of carbonyl (C=O) groups is 2. The number of halogens is 5. The molecule has 0 spiro atoms. The van der Waals surface area contributed by atoms with Crippen molar-refractivity contribution in [1.82, 2.24) is 14.9 Å². The van der Waals surface area contributed by atoms with E-state index >= 15 is 0 Å². The Labute approximate surface area is 205 Å². The Morgan fingerprint density at radius 1 is 1.05 bits per heavy atom. The number of para-hydroxylation sites is 2. The maximum atomic E-state index is 14.9. The lowest BCUT2D eigenvalue weighted by Crippen LogP contribution is -2.55. The van der Waals surface area contributed by atoms with Gasteiger partial charge in [-0.2, -0.15) is 13.2 Å². The second kappa shape index (κ2) is 9.02. The van der Waals surface area contributed by atoms with Crippen LogP contribution in [0.15, 0.2) is 60.8 Å². The van der Waals surface area contributed by atoms with Crippen molar-refractivity contribution in [2.24, 2.45) is 0 Å². The van der Waals surface area contributed by atoms with Gasteiger partial charge in [-0.1, -0.05) is 30.3 Å². The van der Waals surface area contributed by atoms with Crippen LogP contribution >= 0.6 is 0 Å². The molecule has 7 nitrogen and oxygen atoms in total. The Bertz CT molecular complexity index is 1500. The maximum absolute atomic E-state index is 14.9. The minimum atomic E-state index is -5.33. The fraction of sp³-hybridized carbons (Fsp3) is 0.240. The molecule has 4 aromatic rings. The lowest BCUT2D eigenvalue weighted by atomic mass is 10.0. The molecule has 1 aliphatic heterocycles. The van der Waals surface area contributed by atoms with Crippen LogP contribution in [0.3, 0.4) is 0 Å². The van der Waals surface area contributed by atoms with Crippen molar-refractivity contribution in [2.75, 3.05) is 13.1 Å². The highest BCUT2D eigenvalue weighted by Crippen LogP contribution is 2.37. The second-order valence-electron chi connectivity index (χ2n) is 8.49. The van der Waals surface area contributed by atoms with Crippen molar-refractivity contribution in [1.29, 1.82) is 0 Å². The lowest BCUT2D eigenvalue weighted by Gasteiger charge is -2.38. The molecule has 0 aliphatic carbocycles. The monoisotopic (exact) mass is 519 g/mol. The first-order valence-corrected chi connectivity index (χ1v) is 11.1. The average Bonchev–Trinajstić information content (AvgIpc) is 3.33. The van der Waals surface area contributed by atoms with Crippen LogP contribution in [0.5, 0.6) is 11.6 Å². The van der Waals surface area contributed by atoms with Gasteiger partial charge in [0.05, 0.1) is 23.1 Å². The van der Waals surface area contributed by atoms with Crippen molar-refractivity contribution in [3.63, 3.8) is 0 Å². The van der Waals surface area contributed by atoms with Crippen LogP contribution in [-0.4, -0.2) is 58.0 Å². The van der Waals surface area contributed by atoms with Gasteiger partial charge in [-0.25, -0.2) is 18.6 Å². The molecule has 2 aromatic heterocycles. The average molecular weight is 519 g/mol. The number of esters is 1. The van der Waals surface area contributed by atoms with E-state index in [1.165, 1.54) is 17.0 Å². The molecule has 0 bridgehead atoms. The van der Waals surface area contributed by atoms with Gasteiger partial charge in [0.15, 0.2) is 11.9 Å². The SMILES string of the molecule is O=C(c1cccc2cc[nH]c12)N1CCC(F)(F)C(Oc2nc3ccccc3cc2OC(=O)C(F)(F)F)C1. The maximum Gasteiger partial charge on any atom is 0.491 e.